The molecular weight excluding hydrogens is 272 g/mol. The topological polar surface area (TPSA) is 48.9 Å². The monoisotopic (exact) mass is 288 g/mol. The molecule has 1 heterocycles. The van der Waals surface area contributed by atoms with Crippen LogP contribution in [0.1, 0.15) is 22.5 Å². The maximum Gasteiger partial charge on any atom is 0.115 e. The number of nitrogens with zero attached hydrogens (tertiary/aromatic N) is 1. The molecule has 0 fully saturated rings. The molecule has 22 heavy (non-hydrogen) atoms. The van der Waals surface area contributed by atoms with Gasteiger partial charge < -0.3 is 5.11 Å². The number of benzene rings is 2. The van der Waals surface area contributed by atoms with E-state index in [2.05, 4.69) is 22.3 Å². The van der Waals surface area contributed by atoms with Crippen LogP contribution in [0.3, 0.4) is 0 Å². The first-order valence-corrected chi connectivity index (χ1v) is 7.05. The van der Waals surface area contributed by atoms with Crippen molar-refractivity contribution in [2.45, 2.75) is 0 Å². The molecule has 0 saturated carbocycles. The Morgan fingerprint density at radius 2 is 1.45 bits per heavy atom. The Hall–Kier alpha value is -3.07. The Morgan fingerprint density at radius 3 is 2.23 bits per heavy atom. The van der Waals surface area contributed by atoms with Crippen LogP contribution < -0.4 is 0 Å². The standard InChI is InChI=1S/C19H16N2O/c22-19-12-8-16(9-13-19)7-11-18-14-17(20-21-18)10-6-15-4-2-1-3-5-15/h1-14,22H,(H,20,21). The SMILES string of the molecule is Oc1ccc(C=Cc2cc(C=Cc3ccccc3)[nH]n2)cc1. The van der Waals surface area contributed by atoms with Crippen molar-refractivity contribution in [3.05, 3.63) is 83.2 Å². The Balaban J connectivity index is 1.68. The van der Waals surface area contributed by atoms with Gasteiger partial charge in [0.05, 0.1) is 11.4 Å². The highest BCUT2D eigenvalue weighted by atomic mass is 16.3. The second-order valence-corrected chi connectivity index (χ2v) is 4.92. The minimum absolute atomic E-state index is 0.269. The minimum Gasteiger partial charge on any atom is -0.508 e. The van der Waals surface area contributed by atoms with Gasteiger partial charge in [-0.3, -0.25) is 5.10 Å². The van der Waals surface area contributed by atoms with Crippen molar-refractivity contribution in [3.8, 4) is 5.75 Å². The lowest BCUT2D eigenvalue weighted by Gasteiger charge is -1.92. The molecule has 0 aliphatic carbocycles. The largest absolute Gasteiger partial charge is 0.508 e. The number of H-pyrrole nitrogens is 1. The van der Waals surface area contributed by atoms with E-state index in [1.807, 2.05) is 60.7 Å². The molecule has 3 heteroatoms. The zero-order chi connectivity index (χ0) is 15.2. The lowest BCUT2D eigenvalue weighted by Crippen LogP contribution is -1.73. The van der Waals surface area contributed by atoms with Crippen LogP contribution in [-0.4, -0.2) is 15.3 Å². The summed E-state index contributed by atoms with van der Waals surface area (Å²) >= 11 is 0. The lowest BCUT2D eigenvalue weighted by atomic mass is 10.2. The number of hydrogen-bond donors (Lipinski definition) is 2. The first-order valence-electron chi connectivity index (χ1n) is 7.05. The van der Waals surface area contributed by atoms with E-state index in [1.54, 1.807) is 12.1 Å². The third kappa shape index (κ3) is 3.73. The fraction of sp³-hybridized carbons (Fsp3) is 0. The number of aromatic nitrogens is 2. The van der Waals surface area contributed by atoms with Gasteiger partial charge >= 0.3 is 0 Å². The molecule has 3 nitrogen and oxygen atoms in total. The van der Waals surface area contributed by atoms with Gasteiger partial charge in [0, 0.05) is 0 Å². The van der Waals surface area contributed by atoms with Crippen LogP contribution in [0.4, 0.5) is 0 Å². The van der Waals surface area contributed by atoms with Gasteiger partial charge in [0.1, 0.15) is 5.75 Å². The van der Waals surface area contributed by atoms with Crippen molar-refractivity contribution in [2.75, 3.05) is 0 Å². The van der Waals surface area contributed by atoms with E-state index < -0.39 is 0 Å². The van der Waals surface area contributed by atoms with Crippen LogP contribution in [0.2, 0.25) is 0 Å². The molecule has 108 valence electrons. The average Bonchev–Trinajstić information content (AvgIpc) is 3.01. The molecule has 1 aromatic heterocycles. The number of nitrogens with one attached hydrogen (secondary N) is 1. The first kappa shape index (κ1) is 13.9. The van der Waals surface area contributed by atoms with Crippen LogP contribution in [0.25, 0.3) is 24.3 Å². The summed E-state index contributed by atoms with van der Waals surface area (Å²) in [6.07, 6.45) is 7.93. The molecule has 0 saturated heterocycles. The molecule has 0 aliphatic heterocycles. The quantitative estimate of drug-likeness (QED) is 0.744. The summed E-state index contributed by atoms with van der Waals surface area (Å²) in [5.74, 6) is 0.269. The number of phenolic OH excluding ortho intramolecular Hbond substituents is 1. The van der Waals surface area contributed by atoms with Crippen LogP contribution in [0.15, 0.2) is 60.7 Å². The van der Waals surface area contributed by atoms with E-state index in [9.17, 15) is 5.11 Å². The normalized spacial score (nSPS) is 11.5. The molecular formula is C19H16N2O. The molecule has 2 N–H and O–H groups in total. The summed E-state index contributed by atoms with van der Waals surface area (Å²) in [6, 6.07) is 19.2. The van der Waals surface area contributed by atoms with Gasteiger partial charge in [-0.25, -0.2) is 0 Å². The fourth-order valence-corrected chi connectivity index (χ4v) is 2.04. The van der Waals surface area contributed by atoms with Gasteiger partial charge in [-0.1, -0.05) is 54.6 Å². The van der Waals surface area contributed by atoms with Crippen molar-refractivity contribution in [3.63, 3.8) is 0 Å². The van der Waals surface area contributed by atoms with Crippen LogP contribution in [-0.2, 0) is 0 Å². The molecule has 2 aromatic carbocycles. The lowest BCUT2D eigenvalue weighted by molar-refractivity contribution is 0.475. The van der Waals surface area contributed by atoms with E-state index in [4.69, 9.17) is 0 Å². The average molecular weight is 288 g/mol. The maximum atomic E-state index is 9.25. The molecule has 0 amide bonds. The van der Waals surface area contributed by atoms with Crippen molar-refractivity contribution in [2.24, 2.45) is 0 Å². The van der Waals surface area contributed by atoms with Crippen molar-refractivity contribution >= 4 is 24.3 Å². The van der Waals surface area contributed by atoms with E-state index >= 15 is 0 Å². The molecule has 0 bridgehead atoms. The number of hydrogen-bond acceptors (Lipinski definition) is 2. The van der Waals surface area contributed by atoms with Crippen LogP contribution in [0.5, 0.6) is 5.75 Å². The molecule has 0 aliphatic rings. The summed E-state index contributed by atoms with van der Waals surface area (Å²) in [4.78, 5) is 0. The zero-order valence-electron chi connectivity index (χ0n) is 12.0. The third-order valence-electron chi connectivity index (χ3n) is 3.21. The zero-order valence-corrected chi connectivity index (χ0v) is 12.0. The Bertz CT molecular complexity index is 784. The Kier molecular flexibility index (Phi) is 4.16. The second kappa shape index (κ2) is 6.59. The van der Waals surface area contributed by atoms with Crippen molar-refractivity contribution < 1.29 is 5.11 Å². The first-order chi connectivity index (χ1) is 10.8. The molecule has 0 unspecified atom stereocenters. The summed E-state index contributed by atoms with van der Waals surface area (Å²) < 4.78 is 0. The van der Waals surface area contributed by atoms with E-state index in [0.717, 1.165) is 22.5 Å². The van der Waals surface area contributed by atoms with Gasteiger partial charge in [0.2, 0.25) is 0 Å². The molecule has 3 rings (SSSR count). The number of aromatic hydroxyl groups is 1. The molecule has 3 aromatic rings. The summed E-state index contributed by atoms with van der Waals surface area (Å²) in [6.45, 7) is 0. The van der Waals surface area contributed by atoms with Gasteiger partial charge in [0.15, 0.2) is 0 Å². The Labute approximate surface area is 129 Å². The predicted molar refractivity (Wildman–Crippen MR) is 91.0 cm³/mol. The molecule has 0 radical (unpaired) electrons. The van der Waals surface area contributed by atoms with Gasteiger partial charge in [-0.2, -0.15) is 5.10 Å². The van der Waals surface area contributed by atoms with Crippen LogP contribution >= 0.6 is 0 Å². The number of aromatic amines is 1. The minimum atomic E-state index is 0.269. The summed E-state index contributed by atoms with van der Waals surface area (Å²) in [7, 11) is 0. The van der Waals surface area contributed by atoms with Crippen molar-refractivity contribution in [1.82, 2.24) is 10.2 Å². The highest BCUT2D eigenvalue weighted by Gasteiger charge is 1.95. The van der Waals surface area contributed by atoms with E-state index in [0.29, 0.717) is 0 Å². The Morgan fingerprint density at radius 1 is 0.773 bits per heavy atom. The summed E-state index contributed by atoms with van der Waals surface area (Å²) in [5, 5.41) is 16.5. The predicted octanol–water partition coefficient (Wildman–Crippen LogP) is 4.46. The van der Waals surface area contributed by atoms with Crippen LogP contribution in [0, 0.1) is 0 Å². The second-order valence-electron chi connectivity index (χ2n) is 4.92. The molecule has 0 atom stereocenters. The highest BCUT2D eigenvalue weighted by molar-refractivity contribution is 5.72. The highest BCUT2D eigenvalue weighted by Crippen LogP contribution is 2.13. The van der Waals surface area contributed by atoms with Gasteiger partial charge in [-0.15, -0.1) is 0 Å². The van der Waals surface area contributed by atoms with Gasteiger partial charge in [-0.05, 0) is 41.5 Å². The maximum absolute atomic E-state index is 9.25. The fourth-order valence-electron chi connectivity index (χ4n) is 2.04. The van der Waals surface area contributed by atoms with Gasteiger partial charge in [0.25, 0.3) is 0 Å². The van der Waals surface area contributed by atoms with E-state index in [1.165, 1.54) is 0 Å². The molecule has 0 spiro atoms. The summed E-state index contributed by atoms with van der Waals surface area (Å²) in [5.41, 5.74) is 3.98. The van der Waals surface area contributed by atoms with Crippen molar-refractivity contribution in [1.29, 1.82) is 0 Å². The smallest absolute Gasteiger partial charge is 0.115 e. The third-order valence-corrected chi connectivity index (χ3v) is 3.21. The number of rotatable bonds is 4. The van der Waals surface area contributed by atoms with E-state index in [-0.39, 0.29) is 5.75 Å². The number of phenols is 1.